The monoisotopic (exact) mass is 374 g/mol. The quantitative estimate of drug-likeness (QED) is 0.502. The Kier molecular flexibility index (Phi) is 4.68. The number of halogens is 1. The maximum atomic E-state index is 13.1. The normalized spacial score (nSPS) is 15.2. The fourth-order valence-electron chi connectivity index (χ4n) is 2.88. The summed E-state index contributed by atoms with van der Waals surface area (Å²) in [6.07, 6.45) is 2.98. The van der Waals surface area contributed by atoms with Crippen molar-refractivity contribution in [2.75, 3.05) is 6.54 Å². The van der Waals surface area contributed by atoms with Gasteiger partial charge in [-0.3, -0.25) is 14.5 Å². The minimum absolute atomic E-state index is 0.177. The van der Waals surface area contributed by atoms with Gasteiger partial charge in [-0.25, -0.2) is 9.38 Å². The fourth-order valence-corrected chi connectivity index (χ4v) is 2.88. The molecule has 0 unspecified atom stereocenters. The summed E-state index contributed by atoms with van der Waals surface area (Å²) in [6.45, 7) is -0.194. The Morgan fingerprint density at radius 1 is 1.04 bits per heavy atom. The summed E-state index contributed by atoms with van der Waals surface area (Å²) in [6, 6.07) is 18.1. The molecule has 0 fully saturated rings. The maximum Gasteiger partial charge on any atom is 0.278 e. The molecular formula is C22H15FN2O3. The molecule has 0 saturated carbocycles. The Balaban J connectivity index is 1.70. The standard InChI is InChI=1S/C22H15FN2O3/c23-17-10-8-15(9-11-17)13-18-22(27)25(14-19(26)20-7-4-12-28-20)21(24-18)16-5-2-1-3-6-16/h1-13H,14H2/b18-13+. The third-order valence-corrected chi connectivity index (χ3v) is 4.25. The highest BCUT2D eigenvalue weighted by Gasteiger charge is 2.33. The number of rotatable bonds is 5. The molecular weight excluding hydrogens is 359 g/mol. The van der Waals surface area contributed by atoms with Crippen molar-refractivity contribution in [3.05, 3.63) is 101 Å². The second-order valence-electron chi connectivity index (χ2n) is 6.17. The summed E-state index contributed by atoms with van der Waals surface area (Å²) in [4.78, 5) is 31.2. The highest BCUT2D eigenvalue weighted by molar-refractivity contribution is 6.21. The average Bonchev–Trinajstić information content (AvgIpc) is 3.35. The lowest BCUT2D eigenvalue weighted by molar-refractivity contribution is -0.122. The van der Waals surface area contributed by atoms with Crippen LogP contribution in [0.25, 0.3) is 6.08 Å². The van der Waals surface area contributed by atoms with E-state index in [1.165, 1.54) is 23.3 Å². The van der Waals surface area contributed by atoms with E-state index in [2.05, 4.69) is 4.99 Å². The number of carbonyl (C=O) groups excluding carboxylic acids is 2. The van der Waals surface area contributed by atoms with E-state index in [0.717, 1.165) is 0 Å². The van der Waals surface area contributed by atoms with E-state index in [1.807, 2.05) is 30.3 Å². The van der Waals surface area contributed by atoms with E-state index in [0.29, 0.717) is 17.0 Å². The van der Waals surface area contributed by atoms with Crippen molar-refractivity contribution >= 4 is 23.6 Å². The lowest BCUT2D eigenvalue weighted by atomic mass is 10.1. The molecule has 0 radical (unpaired) electrons. The van der Waals surface area contributed by atoms with Gasteiger partial charge in [-0.15, -0.1) is 0 Å². The van der Waals surface area contributed by atoms with E-state index in [-0.39, 0.29) is 29.6 Å². The van der Waals surface area contributed by atoms with Gasteiger partial charge < -0.3 is 4.42 Å². The zero-order chi connectivity index (χ0) is 19.5. The van der Waals surface area contributed by atoms with Crippen LogP contribution in [0.1, 0.15) is 21.7 Å². The summed E-state index contributed by atoms with van der Waals surface area (Å²) in [5, 5.41) is 0. The molecule has 5 nitrogen and oxygen atoms in total. The molecule has 2 aromatic carbocycles. The van der Waals surface area contributed by atoms with Gasteiger partial charge >= 0.3 is 0 Å². The van der Waals surface area contributed by atoms with Crippen LogP contribution in [0.5, 0.6) is 0 Å². The minimum Gasteiger partial charge on any atom is -0.461 e. The molecule has 28 heavy (non-hydrogen) atoms. The number of nitrogens with zero attached hydrogens (tertiary/aromatic N) is 2. The van der Waals surface area contributed by atoms with Crippen LogP contribution >= 0.6 is 0 Å². The van der Waals surface area contributed by atoms with E-state index in [4.69, 9.17) is 4.42 Å². The van der Waals surface area contributed by atoms with Crippen molar-refractivity contribution in [2.45, 2.75) is 0 Å². The van der Waals surface area contributed by atoms with E-state index in [9.17, 15) is 14.0 Å². The van der Waals surface area contributed by atoms with Crippen LogP contribution in [0.4, 0.5) is 4.39 Å². The summed E-state index contributed by atoms with van der Waals surface area (Å²) in [5.41, 5.74) is 1.53. The van der Waals surface area contributed by atoms with Gasteiger partial charge in [0.15, 0.2) is 5.76 Å². The third-order valence-electron chi connectivity index (χ3n) is 4.25. The van der Waals surface area contributed by atoms with Gasteiger partial charge in [0.05, 0.1) is 12.8 Å². The highest BCUT2D eigenvalue weighted by atomic mass is 19.1. The van der Waals surface area contributed by atoms with Gasteiger partial charge in [0.1, 0.15) is 17.3 Å². The Labute approximate surface area is 160 Å². The molecule has 2 heterocycles. The number of carbonyl (C=O) groups is 2. The zero-order valence-corrected chi connectivity index (χ0v) is 14.7. The van der Waals surface area contributed by atoms with Crippen LogP contribution in [-0.4, -0.2) is 29.0 Å². The van der Waals surface area contributed by atoms with Crippen molar-refractivity contribution in [2.24, 2.45) is 4.99 Å². The van der Waals surface area contributed by atoms with Gasteiger partial charge in [-0.05, 0) is 35.9 Å². The van der Waals surface area contributed by atoms with Crippen LogP contribution in [0.3, 0.4) is 0 Å². The first-order valence-corrected chi connectivity index (χ1v) is 8.62. The summed E-state index contributed by atoms with van der Waals surface area (Å²) >= 11 is 0. The second kappa shape index (κ2) is 7.44. The predicted octanol–water partition coefficient (Wildman–Crippen LogP) is 3.93. The molecule has 138 valence electrons. The molecule has 0 N–H and O–H groups in total. The first-order chi connectivity index (χ1) is 13.6. The van der Waals surface area contributed by atoms with Gasteiger partial charge in [0, 0.05) is 5.56 Å². The van der Waals surface area contributed by atoms with Crippen LogP contribution in [0, 0.1) is 5.82 Å². The fraction of sp³-hybridized carbons (Fsp3) is 0.0455. The SMILES string of the molecule is O=C(CN1C(=O)/C(=C\c2ccc(F)cc2)N=C1c1ccccc1)c1ccco1. The Morgan fingerprint density at radius 3 is 2.46 bits per heavy atom. The number of aliphatic imine (C=N–C) groups is 1. The molecule has 1 amide bonds. The smallest absolute Gasteiger partial charge is 0.278 e. The molecule has 1 aliphatic rings. The highest BCUT2D eigenvalue weighted by Crippen LogP contribution is 2.23. The van der Waals surface area contributed by atoms with Crippen LogP contribution in [0.15, 0.2) is 88.1 Å². The molecule has 0 bridgehead atoms. The number of furan rings is 1. The molecule has 4 rings (SSSR count). The van der Waals surface area contributed by atoms with E-state index in [1.54, 1.807) is 30.3 Å². The number of hydrogen-bond donors (Lipinski definition) is 0. The molecule has 6 heteroatoms. The van der Waals surface area contributed by atoms with Crippen molar-refractivity contribution < 1.29 is 18.4 Å². The number of Topliss-reactive ketones (excluding diaryl/α,β-unsaturated/α-hetero) is 1. The second-order valence-corrected chi connectivity index (χ2v) is 6.17. The minimum atomic E-state index is -0.400. The molecule has 1 aliphatic heterocycles. The number of hydrogen-bond acceptors (Lipinski definition) is 4. The molecule has 0 atom stereocenters. The Bertz CT molecular complexity index is 1070. The van der Waals surface area contributed by atoms with E-state index >= 15 is 0 Å². The predicted molar refractivity (Wildman–Crippen MR) is 102 cm³/mol. The molecule has 1 aromatic heterocycles. The maximum absolute atomic E-state index is 13.1. The molecule has 0 spiro atoms. The Morgan fingerprint density at radius 2 is 1.79 bits per heavy atom. The number of benzene rings is 2. The third kappa shape index (κ3) is 3.53. The first-order valence-electron chi connectivity index (χ1n) is 8.62. The lowest BCUT2D eigenvalue weighted by Gasteiger charge is -2.17. The van der Waals surface area contributed by atoms with Crippen LogP contribution in [0.2, 0.25) is 0 Å². The van der Waals surface area contributed by atoms with Gasteiger partial charge in [0.25, 0.3) is 5.91 Å². The average molecular weight is 374 g/mol. The number of ketones is 1. The summed E-state index contributed by atoms with van der Waals surface area (Å²) in [5.74, 6) is -0.526. The topological polar surface area (TPSA) is 62.9 Å². The molecule has 0 aliphatic carbocycles. The van der Waals surface area contributed by atoms with Gasteiger partial charge in [-0.1, -0.05) is 42.5 Å². The van der Waals surface area contributed by atoms with Crippen molar-refractivity contribution in [1.82, 2.24) is 4.90 Å². The number of amidine groups is 1. The zero-order valence-electron chi connectivity index (χ0n) is 14.7. The van der Waals surface area contributed by atoms with Crippen LogP contribution in [-0.2, 0) is 4.79 Å². The lowest BCUT2D eigenvalue weighted by Crippen LogP contribution is -2.37. The summed E-state index contributed by atoms with van der Waals surface area (Å²) < 4.78 is 18.3. The number of amides is 1. The van der Waals surface area contributed by atoms with Crippen molar-refractivity contribution in [3.8, 4) is 0 Å². The first kappa shape index (κ1) is 17.6. The summed E-state index contributed by atoms with van der Waals surface area (Å²) in [7, 11) is 0. The van der Waals surface area contributed by atoms with E-state index < -0.39 is 5.91 Å². The Hall–Kier alpha value is -3.80. The molecule has 0 saturated heterocycles. The van der Waals surface area contributed by atoms with Crippen molar-refractivity contribution in [3.63, 3.8) is 0 Å². The molecule has 3 aromatic rings. The van der Waals surface area contributed by atoms with Gasteiger partial charge in [0.2, 0.25) is 5.78 Å². The largest absolute Gasteiger partial charge is 0.461 e. The van der Waals surface area contributed by atoms with Crippen LogP contribution < -0.4 is 0 Å². The van der Waals surface area contributed by atoms with Crippen molar-refractivity contribution in [1.29, 1.82) is 0 Å². The van der Waals surface area contributed by atoms with Gasteiger partial charge in [-0.2, -0.15) is 0 Å².